The largest absolute Gasteiger partial charge is 0.493 e. The molecule has 1 aromatic carbocycles. The van der Waals surface area contributed by atoms with Gasteiger partial charge in [-0.3, -0.25) is 0 Å². The van der Waals surface area contributed by atoms with Gasteiger partial charge in [0.05, 0.1) is 32.9 Å². The van der Waals surface area contributed by atoms with Crippen LogP contribution < -0.4 is 29.7 Å². The summed E-state index contributed by atoms with van der Waals surface area (Å²) in [5.74, 6) is 2.71. The van der Waals surface area contributed by atoms with Crippen molar-refractivity contribution in [1.29, 1.82) is 0 Å². The molecule has 0 saturated carbocycles. The number of piperidine rings is 1. The molecule has 1 saturated heterocycles. The molecule has 7 nitrogen and oxygen atoms in total. The number of guanidine groups is 1. The van der Waals surface area contributed by atoms with E-state index in [4.69, 9.17) is 19.2 Å². The molecule has 1 aliphatic rings. The van der Waals surface area contributed by atoms with Crippen LogP contribution in [-0.2, 0) is 6.54 Å². The summed E-state index contributed by atoms with van der Waals surface area (Å²) in [4.78, 5) is 7.25. The molecule has 0 atom stereocenters. The third-order valence-corrected chi connectivity index (χ3v) is 6.07. The summed E-state index contributed by atoms with van der Waals surface area (Å²) in [6.45, 7) is 5.53. The summed E-state index contributed by atoms with van der Waals surface area (Å²) >= 11 is 1.81. The number of thiophene rings is 1. The van der Waals surface area contributed by atoms with Crippen LogP contribution in [0.1, 0.15) is 25.3 Å². The highest BCUT2D eigenvalue weighted by Gasteiger charge is 2.21. The van der Waals surface area contributed by atoms with Crippen LogP contribution in [-0.4, -0.2) is 53.0 Å². The van der Waals surface area contributed by atoms with Crippen LogP contribution in [0.4, 0.5) is 5.00 Å². The third-order valence-electron chi connectivity index (χ3n) is 5.14. The second-order valence-electron chi connectivity index (χ2n) is 7.09. The van der Waals surface area contributed by atoms with Gasteiger partial charge in [0, 0.05) is 25.7 Å². The Morgan fingerprint density at radius 3 is 2.32 bits per heavy atom. The van der Waals surface area contributed by atoms with Crippen molar-refractivity contribution in [3.63, 3.8) is 0 Å². The van der Waals surface area contributed by atoms with Crippen molar-refractivity contribution in [2.75, 3.05) is 45.9 Å². The predicted molar refractivity (Wildman–Crippen MR) is 139 cm³/mol. The average Bonchev–Trinajstić information content (AvgIpc) is 3.32. The SMILES string of the molecule is CCNC(=NCc1cc(OC)c(OC)c(OC)c1)NC1CCN(c2cccs2)CC1.I. The maximum absolute atomic E-state index is 5.45. The quantitative estimate of drug-likeness (QED) is 0.288. The molecule has 9 heteroatoms. The molecule has 1 aliphatic heterocycles. The van der Waals surface area contributed by atoms with Crippen molar-refractivity contribution >= 4 is 46.3 Å². The standard InChI is InChI=1S/C22H32N4O3S.HI/c1-5-23-22(25-17-8-10-26(11-9-17)20-7-6-12-30-20)24-15-16-13-18(27-2)21(29-4)19(14-16)28-3;/h6-7,12-14,17H,5,8-11,15H2,1-4H3,(H2,23,24,25);1H. The molecule has 1 aromatic heterocycles. The van der Waals surface area contributed by atoms with Gasteiger partial charge in [-0.1, -0.05) is 0 Å². The van der Waals surface area contributed by atoms with Gasteiger partial charge in [-0.25, -0.2) is 4.99 Å². The second-order valence-corrected chi connectivity index (χ2v) is 8.01. The van der Waals surface area contributed by atoms with Crippen LogP contribution in [0.3, 0.4) is 0 Å². The van der Waals surface area contributed by atoms with E-state index in [2.05, 4.69) is 40.0 Å². The number of ether oxygens (including phenoxy) is 3. The molecule has 2 N–H and O–H groups in total. The minimum atomic E-state index is 0. The van der Waals surface area contributed by atoms with Crippen LogP contribution in [0.5, 0.6) is 17.2 Å². The highest BCUT2D eigenvalue weighted by Crippen LogP contribution is 2.38. The fourth-order valence-corrected chi connectivity index (χ4v) is 4.39. The number of halogens is 1. The molecule has 0 bridgehead atoms. The van der Waals surface area contributed by atoms with E-state index in [9.17, 15) is 0 Å². The topological polar surface area (TPSA) is 67.4 Å². The first-order valence-corrected chi connectivity index (χ1v) is 11.2. The van der Waals surface area contributed by atoms with Crippen LogP contribution in [0, 0.1) is 0 Å². The van der Waals surface area contributed by atoms with E-state index in [-0.39, 0.29) is 24.0 Å². The minimum Gasteiger partial charge on any atom is -0.493 e. The first-order chi connectivity index (χ1) is 14.7. The van der Waals surface area contributed by atoms with Gasteiger partial charge in [-0.05, 0) is 55.0 Å². The van der Waals surface area contributed by atoms with Crippen molar-refractivity contribution < 1.29 is 14.2 Å². The molecule has 2 aromatic rings. The van der Waals surface area contributed by atoms with E-state index in [1.54, 1.807) is 32.7 Å². The number of hydrogen-bond donors (Lipinski definition) is 2. The zero-order valence-corrected chi connectivity index (χ0v) is 21.8. The minimum absolute atomic E-state index is 0. The van der Waals surface area contributed by atoms with E-state index in [1.807, 2.05) is 12.1 Å². The van der Waals surface area contributed by atoms with Crippen LogP contribution in [0.2, 0.25) is 0 Å². The lowest BCUT2D eigenvalue weighted by atomic mass is 10.1. The Morgan fingerprint density at radius 2 is 1.81 bits per heavy atom. The van der Waals surface area contributed by atoms with Gasteiger partial charge < -0.3 is 29.7 Å². The summed E-state index contributed by atoms with van der Waals surface area (Å²) in [6.07, 6.45) is 2.18. The molecule has 31 heavy (non-hydrogen) atoms. The first-order valence-electron chi connectivity index (χ1n) is 10.3. The predicted octanol–water partition coefficient (Wildman–Crippen LogP) is 4.12. The zero-order valence-electron chi connectivity index (χ0n) is 18.6. The maximum Gasteiger partial charge on any atom is 0.203 e. The van der Waals surface area contributed by atoms with Gasteiger partial charge in [-0.2, -0.15) is 0 Å². The average molecular weight is 561 g/mol. The molecule has 3 rings (SSSR count). The highest BCUT2D eigenvalue weighted by atomic mass is 127. The Kier molecular flexibility index (Phi) is 10.5. The van der Waals surface area contributed by atoms with Gasteiger partial charge >= 0.3 is 0 Å². The zero-order chi connectivity index (χ0) is 21.3. The Hall–Kier alpha value is -1.88. The van der Waals surface area contributed by atoms with Crippen LogP contribution >= 0.6 is 35.3 Å². The molecule has 1 fully saturated rings. The molecule has 0 spiro atoms. The molecule has 172 valence electrons. The monoisotopic (exact) mass is 560 g/mol. The second kappa shape index (κ2) is 12.8. The van der Waals surface area contributed by atoms with E-state index in [0.717, 1.165) is 44.0 Å². The molecule has 0 radical (unpaired) electrons. The number of aliphatic imine (C=N–C) groups is 1. The van der Waals surface area contributed by atoms with Crippen molar-refractivity contribution in [3.05, 3.63) is 35.2 Å². The Bertz CT molecular complexity index is 799. The van der Waals surface area contributed by atoms with Crippen molar-refractivity contribution in [3.8, 4) is 17.2 Å². The number of nitrogens with zero attached hydrogens (tertiary/aromatic N) is 2. The van der Waals surface area contributed by atoms with Gasteiger partial charge in [0.1, 0.15) is 0 Å². The van der Waals surface area contributed by atoms with E-state index >= 15 is 0 Å². The molecular formula is C22H33IN4O3S. The Labute approximate surface area is 206 Å². The highest BCUT2D eigenvalue weighted by molar-refractivity contribution is 14.0. The van der Waals surface area contributed by atoms with E-state index < -0.39 is 0 Å². The fraction of sp³-hybridized carbons (Fsp3) is 0.500. The lowest BCUT2D eigenvalue weighted by molar-refractivity contribution is 0.324. The van der Waals surface area contributed by atoms with Crippen molar-refractivity contribution in [1.82, 2.24) is 10.6 Å². The molecule has 0 aliphatic carbocycles. The van der Waals surface area contributed by atoms with E-state index in [0.29, 0.717) is 29.8 Å². The molecule has 0 unspecified atom stereocenters. The van der Waals surface area contributed by atoms with Gasteiger partial charge in [-0.15, -0.1) is 35.3 Å². The summed E-state index contributed by atoms with van der Waals surface area (Å²) in [5.41, 5.74) is 0.995. The smallest absolute Gasteiger partial charge is 0.203 e. The van der Waals surface area contributed by atoms with Crippen molar-refractivity contribution in [2.24, 2.45) is 4.99 Å². The van der Waals surface area contributed by atoms with Crippen LogP contribution in [0.15, 0.2) is 34.6 Å². The van der Waals surface area contributed by atoms with Crippen LogP contribution in [0.25, 0.3) is 0 Å². The number of methoxy groups -OCH3 is 3. The first kappa shape index (κ1) is 25.4. The summed E-state index contributed by atoms with van der Waals surface area (Å²) in [6, 6.07) is 8.60. The lowest BCUT2D eigenvalue weighted by Gasteiger charge is -2.33. The number of nitrogens with one attached hydrogen (secondary N) is 2. The van der Waals surface area contributed by atoms with Crippen molar-refractivity contribution in [2.45, 2.75) is 32.4 Å². The normalized spacial score (nSPS) is 14.6. The summed E-state index contributed by atoms with van der Waals surface area (Å²) in [7, 11) is 4.85. The number of rotatable bonds is 8. The van der Waals surface area contributed by atoms with E-state index in [1.165, 1.54) is 5.00 Å². The van der Waals surface area contributed by atoms with Gasteiger partial charge in [0.25, 0.3) is 0 Å². The third kappa shape index (κ3) is 6.80. The maximum atomic E-state index is 5.45. The van der Waals surface area contributed by atoms with Gasteiger partial charge in [0.2, 0.25) is 5.75 Å². The molecular weight excluding hydrogens is 527 g/mol. The lowest BCUT2D eigenvalue weighted by Crippen LogP contribution is -2.48. The summed E-state index contributed by atoms with van der Waals surface area (Å²) in [5, 5.41) is 10.5. The Morgan fingerprint density at radius 1 is 1.13 bits per heavy atom. The Balaban J connectivity index is 0.00000341. The number of benzene rings is 1. The number of hydrogen-bond acceptors (Lipinski definition) is 6. The van der Waals surface area contributed by atoms with Gasteiger partial charge in [0.15, 0.2) is 17.5 Å². The molecule has 2 heterocycles. The fourth-order valence-electron chi connectivity index (χ4n) is 3.60. The molecule has 0 amide bonds. The summed E-state index contributed by atoms with van der Waals surface area (Å²) < 4.78 is 16.3. The number of anilines is 1.